The molecule has 2 aromatic rings. The number of benzene rings is 1. The lowest BCUT2D eigenvalue weighted by Crippen LogP contribution is -2.34. The standard InChI is InChI=1S/C14H16BrN3O2/c1-2-20-14(19)18-12(8-16)10-5-6-11(15)9-4-3-7-17-13(9)10/h3-7,12H,2,8,16H2,1H3,(H,18,19). The van der Waals surface area contributed by atoms with Crippen molar-refractivity contribution in [3.8, 4) is 0 Å². The average Bonchev–Trinajstić information content (AvgIpc) is 2.46. The van der Waals surface area contributed by atoms with E-state index >= 15 is 0 Å². The molecule has 20 heavy (non-hydrogen) atoms. The molecule has 1 heterocycles. The summed E-state index contributed by atoms with van der Waals surface area (Å²) in [5.41, 5.74) is 7.46. The first-order valence-electron chi connectivity index (χ1n) is 6.33. The molecule has 0 aliphatic rings. The van der Waals surface area contributed by atoms with E-state index in [4.69, 9.17) is 10.5 Å². The largest absolute Gasteiger partial charge is 0.450 e. The molecule has 0 bridgehead atoms. The van der Waals surface area contributed by atoms with Crippen LogP contribution in [0.5, 0.6) is 0 Å². The van der Waals surface area contributed by atoms with Gasteiger partial charge in [0.15, 0.2) is 0 Å². The third kappa shape index (κ3) is 3.08. The van der Waals surface area contributed by atoms with Gasteiger partial charge in [0.2, 0.25) is 0 Å². The number of halogens is 1. The maximum absolute atomic E-state index is 11.6. The molecule has 1 atom stereocenters. The number of fused-ring (bicyclic) bond motifs is 1. The van der Waals surface area contributed by atoms with Crippen LogP contribution in [0.1, 0.15) is 18.5 Å². The maximum Gasteiger partial charge on any atom is 0.407 e. The van der Waals surface area contributed by atoms with Crippen molar-refractivity contribution in [2.75, 3.05) is 13.2 Å². The van der Waals surface area contributed by atoms with Crippen LogP contribution in [0.3, 0.4) is 0 Å². The lowest BCUT2D eigenvalue weighted by molar-refractivity contribution is 0.148. The molecule has 1 aromatic carbocycles. The van der Waals surface area contributed by atoms with Gasteiger partial charge in [0, 0.05) is 28.2 Å². The van der Waals surface area contributed by atoms with Gasteiger partial charge in [-0.25, -0.2) is 4.79 Å². The fraction of sp³-hybridized carbons (Fsp3) is 0.286. The highest BCUT2D eigenvalue weighted by Gasteiger charge is 2.17. The second-order valence-corrected chi connectivity index (χ2v) is 5.04. The van der Waals surface area contributed by atoms with E-state index in [1.165, 1.54) is 0 Å². The Hall–Kier alpha value is -1.66. The fourth-order valence-electron chi connectivity index (χ4n) is 2.02. The number of hydrogen-bond donors (Lipinski definition) is 2. The quantitative estimate of drug-likeness (QED) is 0.899. The Morgan fingerprint density at radius 2 is 2.30 bits per heavy atom. The van der Waals surface area contributed by atoms with Crippen molar-refractivity contribution in [2.24, 2.45) is 5.73 Å². The molecule has 5 nitrogen and oxygen atoms in total. The van der Waals surface area contributed by atoms with Gasteiger partial charge in [-0.05, 0) is 19.1 Å². The first-order valence-corrected chi connectivity index (χ1v) is 7.13. The van der Waals surface area contributed by atoms with Crippen molar-refractivity contribution >= 4 is 32.9 Å². The van der Waals surface area contributed by atoms with E-state index in [1.54, 1.807) is 13.1 Å². The van der Waals surface area contributed by atoms with Crippen molar-refractivity contribution in [1.82, 2.24) is 10.3 Å². The van der Waals surface area contributed by atoms with Crippen LogP contribution in [-0.4, -0.2) is 24.2 Å². The summed E-state index contributed by atoms with van der Waals surface area (Å²) in [6.07, 6.45) is 1.24. The number of hydrogen-bond acceptors (Lipinski definition) is 4. The van der Waals surface area contributed by atoms with Crippen molar-refractivity contribution < 1.29 is 9.53 Å². The minimum atomic E-state index is -0.477. The molecular weight excluding hydrogens is 322 g/mol. The van der Waals surface area contributed by atoms with Crippen molar-refractivity contribution in [1.29, 1.82) is 0 Å². The summed E-state index contributed by atoms with van der Waals surface area (Å²) >= 11 is 3.49. The molecule has 1 aromatic heterocycles. The van der Waals surface area contributed by atoms with Crippen molar-refractivity contribution in [2.45, 2.75) is 13.0 Å². The number of nitrogens with zero attached hydrogens (tertiary/aromatic N) is 1. The molecule has 2 rings (SSSR count). The predicted octanol–water partition coefficient (Wildman–Crippen LogP) is 2.74. The summed E-state index contributed by atoms with van der Waals surface area (Å²) in [6.45, 7) is 2.35. The smallest absolute Gasteiger partial charge is 0.407 e. The molecular formula is C14H16BrN3O2. The SMILES string of the molecule is CCOC(=O)NC(CN)c1ccc(Br)c2cccnc12. The van der Waals surface area contributed by atoms with Crippen molar-refractivity contribution in [3.05, 3.63) is 40.5 Å². The minimum Gasteiger partial charge on any atom is -0.450 e. The van der Waals surface area contributed by atoms with Gasteiger partial charge in [0.1, 0.15) is 0 Å². The van der Waals surface area contributed by atoms with Gasteiger partial charge < -0.3 is 15.8 Å². The van der Waals surface area contributed by atoms with Gasteiger partial charge in [0.25, 0.3) is 0 Å². The Balaban J connectivity index is 2.40. The van der Waals surface area contributed by atoms with Crippen LogP contribution >= 0.6 is 15.9 Å². The van der Waals surface area contributed by atoms with E-state index in [9.17, 15) is 4.79 Å². The van der Waals surface area contributed by atoms with Crippen LogP contribution in [0.15, 0.2) is 34.9 Å². The highest BCUT2D eigenvalue weighted by atomic mass is 79.9. The summed E-state index contributed by atoms with van der Waals surface area (Å²) in [5, 5.41) is 3.73. The zero-order valence-electron chi connectivity index (χ0n) is 11.1. The molecule has 0 saturated heterocycles. The topological polar surface area (TPSA) is 77.2 Å². The number of amides is 1. The van der Waals surface area contributed by atoms with Gasteiger partial charge >= 0.3 is 6.09 Å². The molecule has 3 N–H and O–H groups in total. The second kappa shape index (κ2) is 6.67. The number of pyridine rings is 1. The van der Waals surface area contributed by atoms with E-state index in [-0.39, 0.29) is 12.6 Å². The van der Waals surface area contributed by atoms with Crippen LogP contribution in [0.2, 0.25) is 0 Å². The van der Waals surface area contributed by atoms with E-state index < -0.39 is 6.09 Å². The van der Waals surface area contributed by atoms with Gasteiger partial charge in [0.05, 0.1) is 18.2 Å². The first kappa shape index (κ1) is 14.7. The predicted molar refractivity (Wildman–Crippen MR) is 81.4 cm³/mol. The Bertz CT molecular complexity index is 618. The number of nitrogens with two attached hydrogens (primary N) is 1. The second-order valence-electron chi connectivity index (χ2n) is 4.19. The molecule has 106 valence electrons. The van der Waals surface area contributed by atoms with E-state index in [0.717, 1.165) is 20.9 Å². The number of aromatic nitrogens is 1. The van der Waals surface area contributed by atoms with E-state index in [2.05, 4.69) is 26.2 Å². The molecule has 0 aliphatic carbocycles. The molecule has 6 heteroatoms. The third-order valence-corrected chi connectivity index (χ3v) is 3.62. The Labute approximate surface area is 125 Å². The van der Waals surface area contributed by atoms with Crippen LogP contribution in [0, 0.1) is 0 Å². The summed E-state index contributed by atoms with van der Waals surface area (Å²) in [7, 11) is 0. The monoisotopic (exact) mass is 337 g/mol. The number of alkyl carbamates (subject to hydrolysis) is 1. The number of carbonyl (C=O) groups is 1. The van der Waals surface area contributed by atoms with Gasteiger partial charge in [-0.2, -0.15) is 0 Å². The minimum absolute atomic E-state index is 0.270. The van der Waals surface area contributed by atoms with Gasteiger partial charge in [-0.15, -0.1) is 0 Å². The summed E-state index contributed by atoms with van der Waals surface area (Å²) in [5.74, 6) is 0. The number of carbonyl (C=O) groups excluding carboxylic acids is 1. The van der Waals surface area contributed by atoms with Crippen LogP contribution in [0.25, 0.3) is 10.9 Å². The van der Waals surface area contributed by atoms with Crippen LogP contribution in [-0.2, 0) is 4.74 Å². The molecule has 0 radical (unpaired) electrons. The third-order valence-electron chi connectivity index (χ3n) is 2.93. The lowest BCUT2D eigenvalue weighted by Gasteiger charge is -2.18. The molecule has 0 saturated carbocycles. The molecule has 0 spiro atoms. The normalized spacial score (nSPS) is 12.2. The van der Waals surface area contributed by atoms with E-state index in [0.29, 0.717) is 6.61 Å². The fourth-order valence-corrected chi connectivity index (χ4v) is 2.47. The number of ether oxygens (including phenoxy) is 1. The first-order chi connectivity index (χ1) is 9.67. The van der Waals surface area contributed by atoms with Crippen LogP contribution in [0.4, 0.5) is 4.79 Å². The zero-order chi connectivity index (χ0) is 14.5. The molecule has 1 unspecified atom stereocenters. The van der Waals surface area contributed by atoms with Crippen LogP contribution < -0.4 is 11.1 Å². The summed E-state index contributed by atoms with van der Waals surface area (Å²) in [6, 6.07) is 7.33. The van der Waals surface area contributed by atoms with Gasteiger partial charge in [-0.1, -0.05) is 28.1 Å². The Morgan fingerprint density at radius 3 is 3.00 bits per heavy atom. The van der Waals surface area contributed by atoms with E-state index in [1.807, 2.05) is 24.3 Å². The molecule has 1 amide bonds. The number of rotatable bonds is 4. The zero-order valence-corrected chi connectivity index (χ0v) is 12.7. The highest BCUT2D eigenvalue weighted by Crippen LogP contribution is 2.28. The maximum atomic E-state index is 11.6. The number of nitrogens with one attached hydrogen (secondary N) is 1. The highest BCUT2D eigenvalue weighted by molar-refractivity contribution is 9.10. The summed E-state index contributed by atoms with van der Waals surface area (Å²) < 4.78 is 5.85. The molecule has 0 aliphatic heterocycles. The summed E-state index contributed by atoms with van der Waals surface area (Å²) in [4.78, 5) is 16.0. The lowest BCUT2D eigenvalue weighted by atomic mass is 10.0. The van der Waals surface area contributed by atoms with Crippen molar-refractivity contribution in [3.63, 3.8) is 0 Å². The molecule has 0 fully saturated rings. The Kier molecular flexibility index (Phi) is 4.92. The average molecular weight is 338 g/mol. The van der Waals surface area contributed by atoms with Gasteiger partial charge in [-0.3, -0.25) is 4.98 Å². The Morgan fingerprint density at radius 1 is 1.50 bits per heavy atom.